The van der Waals surface area contributed by atoms with Crippen molar-refractivity contribution in [2.45, 2.75) is 19.3 Å². The fraction of sp³-hybridized carbons (Fsp3) is 0.818. The SMILES string of the molecule is C#CCCCNCCOCCCOC. The first-order valence-corrected chi connectivity index (χ1v) is 5.12. The van der Waals surface area contributed by atoms with Crippen LogP contribution in [0.3, 0.4) is 0 Å². The van der Waals surface area contributed by atoms with E-state index in [9.17, 15) is 0 Å². The predicted molar refractivity (Wildman–Crippen MR) is 58.2 cm³/mol. The van der Waals surface area contributed by atoms with Crippen LogP contribution in [0.15, 0.2) is 0 Å². The lowest BCUT2D eigenvalue weighted by atomic mass is 10.3. The average Bonchev–Trinajstić information content (AvgIpc) is 2.21. The van der Waals surface area contributed by atoms with Crippen LogP contribution < -0.4 is 5.32 Å². The topological polar surface area (TPSA) is 30.5 Å². The van der Waals surface area contributed by atoms with Crippen LogP contribution in [-0.4, -0.2) is 40.0 Å². The molecule has 14 heavy (non-hydrogen) atoms. The number of nitrogens with one attached hydrogen (secondary N) is 1. The highest BCUT2D eigenvalue weighted by molar-refractivity contribution is 4.83. The van der Waals surface area contributed by atoms with Gasteiger partial charge in [-0.15, -0.1) is 12.3 Å². The minimum absolute atomic E-state index is 0.764. The Hall–Kier alpha value is -0.560. The summed E-state index contributed by atoms with van der Waals surface area (Å²) >= 11 is 0. The molecule has 0 bridgehead atoms. The van der Waals surface area contributed by atoms with E-state index in [4.69, 9.17) is 15.9 Å². The summed E-state index contributed by atoms with van der Waals surface area (Å²) < 4.78 is 10.3. The Bertz CT molecular complexity index is 143. The molecule has 0 radical (unpaired) electrons. The molecule has 3 nitrogen and oxygen atoms in total. The van der Waals surface area contributed by atoms with Gasteiger partial charge in [-0.25, -0.2) is 0 Å². The zero-order valence-electron chi connectivity index (χ0n) is 9.05. The van der Waals surface area contributed by atoms with E-state index in [0.29, 0.717) is 0 Å². The number of hydrogen-bond donors (Lipinski definition) is 1. The van der Waals surface area contributed by atoms with Gasteiger partial charge < -0.3 is 14.8 Å². The molecule has 0 aliphatic rings. The summed E-state index contributed by atoms with van der Waals surface area (Å²) in [6.07, 6.45) is 7.98. The van der Waals surface area contributed by atoms with Crippen molar-refractivity contribution >= 4 is 0 Å². The molecule has 0 aromatic heterocycles. The van der Waals surface area contributed by atoms with E-state index in [1.165, 1.54) is 0 Å². The summed E-state index contributed by atoms with van der Waals surface area (Å²) in [6, 6.07) is 0. The normalized spacial score (nSPS) is 10.0. The van der Waals surface area contributed by atoms with Gasteiger partial charge in [-0.05, 0) is 19.4 Å². The molecule has 3 heteroatoms. The van der Waals surface area contributed by atoms with Crippen molar-refractivity contribution in [1.82, 2.24) is 5.32 Å². The lowest BCUT2D eigenvalue weighted by molar-refractivity contribution is 0.104. The minimum atomic E-state index is 0.764. The summed E-state index contributed by atoms with van der Waals surface area (Å²) in [5.74, 6) is 2.61. The molecule has 0 heterocycles. The second-order valence-electron chi connectivity index (χ2n) is 3.02. The number of terminal acetylenes is 1. The maximum Gasteiger partial charge on any atom is 0.0590 e. The Morgan fingerprint density at radius 2 is 2.00 bits per heavy atom. The fourth-order valence-electron chi connectivity index (χ4n) is 0.992. The van der Waals surface area contributed by atoms with E-state index in [1.54, 1.807) is 7.11 Å². The summed E-state index contributed by atoms with van der Waals surface area (Å²) in [6.45, 7) is 4.19. The highest BCUT2D eigenvalue weighted by atomic mass is 16.5. The smallest absolute Gasteiger partial charge is 0.0590 e. The van der Waals surface area contributed by atoms with E-state index in [-0.39, 0.29) is 0 Å². The van der Waals surface area contributed by atoms with Gasteiger partial charge in [0.05, 0.1) is 6.61 Å². The molecule has 0 spiro atoms. The Morgan fingerprint density at radius 1 is 1.14 bits per heavy atom. The second-order valence-corrected chi connectivity index (χ2v) is 3.02. The third-order valence-electron chi connectivity index (χ3n) is 1.73. The largest absolute Gasteiger partial charge is 0.385 e. The van der Waals surface area contributed by atoms with E-state index < -0.39 is 0 Å². The Balaban J connectivity index is 2.82. The minimum Gasteiger partial charge on any atom is -0.385 e. The third kappa shape index (κ3) is 11.4. The standard InChI is InChI=1S/C11H21NO2/c1-3-4-5-7-12-8-11-14-10-6-9-13-2/h1,12H,4-11H2,2H3. The summed E-state index contributed by atoms with van der Waals surface area (Å²) in [4.78, 5) is 0. The Morgan fingerprint density at radius 3 is 2.71 bits per heavy atom. The number of rotatable bonds is 10. The van der Waals surface area contributed by atoms with Gasteiger partial charge in [0, 0.05) is 33.3 Å². The van der Waals surface area contributed by atoms with E-state index in [1.807, 2.05) is 0 Å². The molecule has 0 saturated carbocycles. The van der Waals surface area contributed by atoms with Crippen LogP contribution in [0.25, 0.3) is 0 Å². The zero-order chi connectivity index (χ0) is 10.5. The van der Waals surface area contributed by atoms with Crippen LogP contribution in [-0.2, 0) is 9.47 Å². The van der Waals surface area contributed by atoms with Crippen molar-refractivity contribution < 1.29 is 9.47 Å². The van der Waals surface area contributed by atoms with Gasteiger partial charge in [0.15, 0.2) is 0 Å². The number of methoxy groups -OCH3 is 1. The Kier molecular flexibility index (Phi) is 11.9. The molecular weight excluding hydrogens is 178 g/mol. The molecule has 0 amide bonds. The molecular formula is C11H21NO2. The molecule has 0 atom stereocenters. The zero-order valence-corrected chi connectivity index (χ0v) is 9.05. The van der Waals surface area contributed by atoms with E-state index >= 15 is 0 Å². The molecule has 82 valence electrons. The van der Waals surface area contributed by atoms with Crippen molar-refractivity contribution in [3.63, 3.8) is 0 Å². The highest BCUT2D eigenvalue weighted by Crippen LogP contribution is 1.84. The fourth-order valence-corrected chi connectivity index (χ4v) is 0.992. The van der Waals surface area contributed by atoms with Crippen LogP contribution in [0.4, 0.5) is 0 Å². The molecule has 0 rings (SSSR count). The van der Waals surface area contributed by atoms with Crippen LogP contribution in [0.1, 0.15) is 19.3 Å². The quantitative estimate of drug-likeness (QED) is 0.421. The van der Waals surface area contributed by atoms with Gasteiger partial charge >= 0.3 is 0 Å². The van der Waals surface area contributed by atoms with Gasteiger partial charge in [-0.1, -0.05) is 0 Å². The predicted octanol–water partition coefficient (Wildman–Crippen LogP) is 1.04. The lowest BCUT2D eigenvalue weighted by Crippen LogP contribution is -2.21. The van der Waals surface area contributed by atoms with E-state index in [2.05, 4.69) is 11.2 Å². The molecule has 0 aromatic carbocycles. The van der Waals surface area contributed by atoms with Crippen molar-refractivity contribution in [1.29, 1.82) is 0 Å². The van der Waals surface area contributed by atoms with Gasteiger partial charge in [0.1, 0.15) is 0 Å². The molecule has 0 aliphatic heterocycles. The average molecular weight is 199 g/mol. The van der Waals surface area contributed by atoms with E-state index in [0.717, 1.165) is 52.2 Å². The molecule has 0 aliphatic carbocycles. The molecule has 0 saturated heterocycles. The van der Waals surface area contributed by atoms with Crippen molar-refractivity contribution in [3.05, 3.63) is 0 Å². The van der Waals surface area contributed by atoms with Crippen LogP contribution in [0.2, 0.25) is 0 Å². The van der Waals surface area contributed by atoms with Crippen molar-refractivity contribution in [2.24, 2.45) is 0 Å². The third-order valence-corrected chi connectivity index (χ3v) is 1.73. The summed E-state index contributed by atoms with van der Waals surface area (Å²) in [5.41, 5.74) is 0. The molecule has 0 unspecified atom stereocenters. The molecule has 0 fully saturated rings. The van der Waals surface area contributed by atoms with Crippen molar-refractivity contribution in [2.75, 3.05) is 40.0 Å². The molecule has 1 N–H and O–H groups in total. The lowest BCUT2D eigenvalue weighted by Gasteiger charge is -2.04. The second kappa shape index (κ2) is 12.4. The highest BCUT2D eigenvalue weighted by Gasteiger charge is 1.89. The Labute approximate surface area is 87.2 Å². The monoisotopic (exact) mass is 199 g/mol. The van der Waals surface area contributed by atoms with Crippen LogP contribution >= 0.6 is 0 Å². The first kappa shape index (κ1) is 13.4. The van der Waals surface area contributed by atoms with Gasteiger partial charge in [-0.3, -0.25) is 0 Å². The summed E-state index contributed by atoms with van der Waals surface area (Å²) in [5, 5.41) is 3.26. The van der Waals surface area contributed by atoms with Crippen molar-refractivity contribution in [3.8, 4) is 12.3 Å². The maximum atomic E-state index is 5.36. The number of hydrogen-bond acceptors (Lipinski definition) is 3. The first-order chi connectivity index (χ1) is 6.91. The van der Waals surface area contributed by atoms with Gasteiger partial charge in [0.25, 0.3) is 0 Å². The van der Waals surface area contributed by atoms with Gasteiger partial charge in [-0.2, -0.15) is 0 Å². The molecule has 0 aromatic rings. The van der Waals surface area contributed by atoms with Crippen LogP contribution in [0.5, 0.6) is 0 Å². The van der Waals surface area contributed by atoms with Crippen LogP contribution in [0, 0.1) is 12.3 Å². The number of ether oxygens (including phenoxy) is 2. The first-order valence-electron chi connectivity index (χ1n) is 5.12. The number of unbranched alkanes of at least 4 members (excludes halogenated alkanes) is 1. The van der Waals surface area contributed by atoms with Gasteiger partial charge in [0.2, 0.25) is 0 Å². The maximum absolute atomic E-state index is 5.36. The summed E-state index contributed by atoms with van der Waals surface area (Å²) in [7, 11) is 1.70.